The maximum absolute atomic E-state index is 12.7. The number of hydrogen-bond acceptors (Lipinski definition) is 6. The summed E-state index contributed by atoms with van der Waals surface area (Å²) < 4.78 is 25.4. The van der Waals surface area contributed by atoms with Crippen LogP contribution in [0, 0.1) is 11.9 Å². The number of Topliss-reactive ketones (excluding diaryl/α,β-unsaturated/α-hetero) is 3. The Morgan fingerprint density at radius 3 is 1.76 bits per heavy atom. The van der Waals surface area contributed by atoms with Gasteiger partial charge in [-0.25, -0.2) is 14.8 Å². The van der Waals surface area contributed by atoms with Gasteiger partial charge in [0.25, 0.3) is 17.7 Å². The van der Waals surface area contributed by atoms with Crippen molar-refractivity contribution in [2.75, 3.05) is 0 Å². The Kier molecular flexibility index (Phi) is 2.22. The highest BCUT2D eigenvalue weighted by Gasteiger charge is 2.40. The minimum Gasteiger partial charge on any atom is -0.286 e. The minimum atomic E-state index is -1.71. The summed E-state index contributed by atoms with van der Waals surface area (Å²) in [7, 11) is 0. The summed E-state index contributed by atoms with van der Waals surface area (Å²) in [5.74, 6) is -6.60. The Hall–Kier alpha value is -2.60. The number of carbonyl (C=O) groups is 3. The third kappa shape index (κ3) is 1.39. The topological polar surface area (TPSA) is 94.1 Å². The molecule has 0 aromatic carbocycles. The highest BCUT2D eigenvalue weighted by atomic mass is 19.2. The fourth-order valence-corrected chi connectivity index (χ4v) is 1.25. The number of ketones is 3. The van der Waals surface area contributed by atoms with E-state index in [9.17, 15) is 28.0 Å². The Balaban J connectivity index is 2.82. The molecule has 0 aliphatic heterocycles. The average molecular weight is 238 g/mol. The van der Waals surface area contributed by atoms with Crippen LogP contribution in [-0.2, 0) is 9.59 Å². The van der Waals surface area contributed by atoms with Gasteiger partial charge < -0.3 is 0 Å². The fourth-order valence-electron chi connectivity index (χ4n) is 1.25. The van der Waals surface area contributed by atoms with E-state index in [1.807, 2.05) is 0 Å². The molecule has 0 radical (unpaired) electrons. The molecule has 0 bridgehead atoms. The van der Waals surface area contributed by atoms with Crippen LogP contribution in [0.25, 0.3) is 0 Å². The van der Waals surface area contributed by atoms with Crippen LogP contribution in [0.15, 0.2) is 5.57 Å². The summed E-state index contributed by atoms with van der Waals surface area (Å²) >= 11 is 0. The van der Waals surface area contributed by atoms with Gasteiger partial charge in [0.1, 0.15) is 17.3 Å². The van der Waals surface area contributed by atoms with Crippen molar-refractivity contribution in [3.8, 4) is 0 Å². The number of nitrogens with zero attached hydrogens (tertiary/aromatic N) is 2. The van der Waals surface area contributed by atoms with Crippen LogP contribution in [0.5, 0.6) is 0 Å². The molecule has 1 aromatic heterocycles. The quantitative estimate of drug-likeness (QED) is 0.261. The lowest BCUT2D eigenvalue weighted by Gasteiger charge is -2.10. The lowest BCUT2D eigenvalue weighted by molar-refractivity contribution is -0.111. The smallest absolute Gasteiger partial charge is 0.269 e. The van der Waals surface area contributed by atoms with E-state index in [1.165, 1.54) is 0 Å². The molecule has 0 fully saturated rings. The van der Waals surface area contributed by atoms with Crippen molar-refractivity contribution < 1.29 is 28.0 Å². The van der Waals surface area contributed by atoms with Crippen molar-refractivity contribution in [3.05, 3.63) is 28.9 Å². The van der Waals surface area contributed by atoms with Crippen LogP contribution in [0.1, 0.15) is 21.0 Å². The standard InChI is InChI=1S/C9F2N2O4/c10-8-9(11)13-4-3(12-8)5(15)2(1-14)6(16)7(4)17. The molecule has 0 spiro atoms. The molecule has 0 N–H and O–H groups in total. The maximum Gasteiger partial charge on any atom is 0.269 e. The summed E-state index contributed by atoms with van der Waals surface area (Å²) in [4.78, 5) is 49.9. The van der Waals surface area contributed by atoms with Crippen molar-refractivity contribution in [1.29, 1.82) is 0 Å². The van der Waals surface area contributed by atoms with Crippen molar-refractivity contribution in [2.24, 2.45) is 0 Å². The molecule has 0 saturated heterocycles. The number of halogens is 2. The zero-order valence-corrected chi connectivity index (χ0v) is 7.78. The Morgan fingerprint density at radius 2 is 1.29 bits per heavy atom. The second-order valence-corrected chi connectivity index (χ2v) is 2.97. The van der Waals surface area contributed by atoms with Crippen LogP contribution in [0.3, 0.4) is 0 Å². The fraction of sp³-hybridized carbons (Fsp3) is 0. The molecule has 0 amide bonds. The Labute approximate surface area is 91.0 Å². The van der Waals surface area contributed by atoms with Crippen molar-refractivity contribution in [1.82, 2.24) is 9.97 Å². The van der Waals surface area contributed by atoms with Crippen LogP contribution < -0.4 is 0 Å². The molecule has 0 atom stereocenters. The second-order valence-electron chi connectivity index (χ2n) is 2.97. The average Bonchev–Trinajstić information content (AvgIpc) is 2.30. The monoisotopic (exact) mass is 238 g/mol. The summed E-state index contributed by atoms with van der Waals surface area (Å²) in [5.41, 5.74) is -2.87. The van der Waals surface area contributed by atoms with Gasteiger partial charge in [0.2, 0.25) is 11.6 Å². The first-order valence-corrected chi connectivity index (χ1v) is 4.09. The molecule has 84 valence electrons. The van der Waals surface area contributed by atoms with Crippen LogP contribution in [0.2, 0.25) is 0 Å². The third-order valence-corrected chi connectivity index (χ3v) is 2.01. The van der Waals surface area contributed by atoms with Crippen molar-refractivity contribution >= 4 is 23.3 Å². The molecule has 1 aliphatic rings. The van der Waals surface area contributed by atoms with E-state index >= 15 is 0 Å². The predicted molar refractivity (Wildman–Crippen MR) is 44.8 cm³/mol. The van der Waals surface area contributed by atoms with Gasteiger partial charge in [0.15, 0.2) is 5.57 Å². The van der Waals surface area contributed by atoms with E-state index in [0.29, 0.717) is 0 Å². The van der Waals surface area contributed by atoms with Crippen LogP contribution >= 0.6 is 0 Å². The number of carbonyl (C=O) groups excluding carboxylic acids is 4. The summed E-state index contributed by atoms with van der Waals surface area (Å²) in [6, 6.07) is 0. The second kappa shape index (κ2) is 3.46. The van der Waals surface area contributed by atoms with E-state index in [1.54, 1.807) is 0 Å². The molecule has 6 nitrogen and oxygen atoms in total. The van der Waals surface area contributed by atoms with Gasteiger partial charge in [0, 0.05) is 0 Å². The van der Waals surface area contributed by atoms with Gasteiger partial charge in [-0.1, -0.05) is 0 Å². The zero-order chi connectivity index (χ0) is 12.7. The van der Waals surface area contributed by atoms with Gasteiger partial charge in [-0.05, 0) is 0 Å². The van der Waals surface area contributed by atoms with Crippen LogP contribution in [0.4, 0.5) is 8.78 Å². The first kappa shape index (κ1) is 10.9. The molecule has 2 rings (SSSR count). The van der Waals surface area contributed by atoms with Gasteiger partial charge in [0.05, 0.1) is 0 Å². The molecule has 0 saturated carbocycles. The van der Waals surface area contributed by atoms with Crippen LogP contribution in [-0.4, -0.2) is 33.3 Å². The van der Waals surface area contributed by atoms with E-state index in [4.69, 9.17) is 0 Å². The third-order valence-electron chi connectivity index (χ3n) is 2.01. The molecule has 1 aromatic rings. The normalized spacial score (nSPS) is 14.7. The first-order chi connectivity index (χ1) is 7.97. The largest absolute Gasteiger partial charge is 0.286 e. The van der Waals surface area contributed by atoms with Gasteiger partial charge in [-0.2, -0.15) is 8.78 Å². The van der Waals surface area contributed by atoms with E-state index in [2.05, 4.69) is 9.97 Å². The zero-order valence-electron chi connectivity index (χ0n) is 7.78. The number of hydrogen-bond donors (Lipinski definition) is 0. The molecule has 8 heteroatoms. The maximum atomic E-state index is 12.7. The van der Waals surface area contributed by atoms with Gasteiger partial charge in [-0.15, -0.1) is 0 Å². The van der Waals surface area contributed by atoms with E-state index in [-0.39, 0.29) is 0 Å². The highest BCUT2D eigenvalue weighted by Crippen LogP contribution is 2.19. The number of allylic oxidation sites excluding steroid dienone is 1. The first-order valence-electron chi connectivity index (χ1n) is 4.09. The molecule has 1 aliphatic carbocycles. The lowest BCUT2D eigenvalue weighted by atomic mass is 9.92. The molecular weight excluding hydrogens is 238 g/mol. The molecule has 17 heavy (non-hydrogen) atoms. The number of fused-ring (bicyclic) bond motifs is 1. The molecule has 0 unspecified atom stereocenters. The Morgan fingerprint density at radius 1 is 0.824 bits per heavy atom. The predicted octanol–water partition coefficient (Wildman–Crippen LogP) is -0.539. The highest BCUT2D eigenvalue weighted by molar-refractivity contribution is 6.60. The Bertz CT molecular complexity index is 647. The van der Waals surface area contributed by atoms with E-state index < -0.39 is 46.2 Å². The van der Waals surface area contributed by atoms with Gasteiger partial charge >= 0.3 is 0 Å². The lowest BCUT2D eigenvalue weighted by Crippen LogP contribution is -2.33. The molecule has 1 heterocycles. The summed E-state index contributed by atoms with van der Waals surface area (Å²) in [6.45, 7) is 0. The molecular formula is C9F2N2O4. The van der Waals surface area contributed by atoms with E-state index in [0.717, 1.165) is 5.94 Å². The summed E-state index contributed by atoms with van der Waals surface area (Å²) in [6.07, 6.45) is 0. The summed E-state index contributed by atoms with van der Waals surface area (Å²) in [5, 5.41) is 0. The number of rotatable bonds is 0. The number of aromatic nitrogens is 2. The van der Waals surface area contributed by atoms with Crippen molar-refractivity contribution in [3.63, 3.8) is 0 Å². The minimum absolute atomic E-state index is 0.869. The SMILES string of the molecule is O=C=C1C(=O)C(=O)c2nc(F)c(F)nc2C1=O. The van der Waals surface area contributed by atoms with Gasteiger partial charge in [-0.3, -0.25) is 14.4 Å². The van der Waals surface area contributed by atoms with Crippen molar-refractivity contribution in [2.45, 2.75) is 0 Å².